The fraction of sp³-hybridized carbons (Fsp3) is 0.357. The molecule has 0 saturated heterocycles. The van der Waals surface area contributed by atoms with Crippen molar-refractivity contribution in [2.45, 2.75) is 33.2 Å². The topological polar surface area (TPSA) is 42.2 Å². The van der Waals surface area contributed by atoms with Crippen LogP contribution in [0.15, 0.2) is 24.4 Å². The van der Waals surface area contributed by atoms with E-state index in [1.807, 2.05) is 10.8 Å². The van der Waals surface area contributed by atoms with Crippen molar-refractivity contribution >= 4 is 16.9 Å². The Morgan fingerprint density at radius 1 is 1.41 bits per heavy atom. The third-order valence-electron chi connectivity index (χ3n) is 3.12. The summed E-state index contributed by atoms with van der Waals surface area (Å²) in [5.74, 6) is -0.755. The minimum atomic E-state index is -0.755. The normalized spacial score (nSPS) is 10.9. The first-order chi connectivity index (χ1) is 8.11. The summed E-state index contributed by atoms with van der Waals surface area (Å²) in [5.41, 5.74) is 3.65. The highest BCUT2D eigenvalue weighted by atomic mass is 16.4. The number of aryl methyl sites for hydroxylation is 3. The monoisotopic (exact) mass is 231 g/mol. The van der Waals surface area contributed by atoms with E-state index in [0.29, 0.717) is 6.54 Å². The van der Waals surface area contributed by atoms with E-state index in [4.69, 9.17) is 5.11 Å². The lowest BCUT2D eigenvalue weighted by Crippen LogP contribution is -2.03. The molecule has 2 rings (SSSR count). The standard InChI is InChI=1S/C14H17NO2/c1-3-11-4-5-13-12(8-11)10(2)9-15(13)7-6-14(16)17/h4-5,8-9H,3,6-7H2,1-2H3,(H,16,17). The van der Waals surface area contributed by atoms with Crippen molar-refractivity contribution in [3.05, 3.63) is 35.5 Å². The minimum absolute atomic E-state index is 0.165. The summed E-state index contributed by atoms with van der Waals surface area (Å²) in [6.45, 7) is 4.74. The number of rotatable bonds is 4. The predicted molar refractivity (Wildman–Crippen MR) is 68.3 cm³/mol. The van der Waals surface area contributed by atoms with Gasteiger partial charge in [0.15, 0.2) is 0 Å². The van der Waals surface area contributed by atoms with Crippen LogP contribution in [-0.2, 0) is 17.8 Å². The van der Waals surface area contributed by atoms with E-state index >= 15 is 0 Å². The molecule has 0 aliphatic carbocycles. The number of carbonyl (C=O) groups is 1. The molecule has 1 heterocycles. The molecule has 0 radical (unpaired) electrons. The van der Waals surface area contributed by atoms with Gasteiger partial charge in [0.25, 0.3) is 0 Å². The maximum absolute atomic E-state index is 10.6. The fourth-order valence-corrected chi connectivity index (χ4v) is 2.14. The molecule has 0 spiro atoms. The average Bonchev–Trinajstić information content (AvgIpc) is 2.63. The largest absolute Gasteiger partial charge is 0.481 e. The number of carboxylic acids is 1. The molecular formula is C14H17NO2. The lowest BCUT2D eigenvalue weighted by Gasteiger charge is -2.03. The summed E-state index contributed by atoms with van der Waals surface area (Å²) in [7, 11) is 0. The molecule has 0 unspecified atom stereocenters. The second-order valence-corrected chi connectivity index (χ2v) is 4.35. The van der Waals surface area contributed by atoms with E-state index in [9.17, 15) is 4.79 Å². The van der Waals surface area contributed by atoms with E-state index in [1.165, 1.54) is 16.5 Å². The molecule has 3 nitrogen and oxygen atoms in total. The van der Waals surface area contributed by atoms with Gasteiger partial charge in [0.05, 0.1) is 6.42 Å². The third kappa shape index (κ3) is 2.33. The van der Waals surface area contributed by atoms with Gasteiger partial charge < -0.3 is 9.67 Å². The van der Waals surface area contributed by atoms with Crippen molar-refractivity contribution in [1.29, 1.82) is 0 Å². The number of aliphatic carboxylic acids is 1. The Balaban J connectivity index is 2.41. The van der Waals surface area contributed by atoms with Crippen LogP contribution in [0.4, 0.5) is 0 Å². The second-order valence-electron chi connectivity index (χ2n) is 4.35. The van der Waals surface area contributed by atoms with Crippen LogP contribution in [0.25, 0.3) is 10.9 Å². The predicted octanol–water partition coefficient (Wildman–Crippen LogP) is 2.99. The number of hydrogen-bond donors (Lipinski definition) is 1. The molecule has 0 fully saturated rings. The molecule has 2 aromatic rings. The van der Waals surface area contributed by atoms with Crippen LogP contribution in [0.2, 0.25) is 0 Å². The highest BCUT2D eigenvalue weighted by molar-refractivity contribution is 5.84. The van der Waals surface area contributed by atoms with Crippen LogP contribution >= 0.6 is 0 Å². The Bertz CT molecular complexity index is 555. The van der Waals surface area contributed by atoms with Gasteiger partial charge in [0.2, 0.25) is 0 Å². The lowest BCUT2D eigenvalue weighted by molar-refractivity contribution is -0.137. The molecule has 0 aliphatic heterocycles. The lowest BCUT2D eigenvalue weighted by atomic mass is 10.1. The van der Waals surface area contributed by atoms with Crippen molar-refractivity contribution in [3.8, 4) is 0 Å². The molecular weight excluding hydrogens is 214 g/mol. The maximum atomic E-state index is 10.6. The molecule has 90 valence electrons. The zero-order valence-corrected chi connectivity index (χ0v) is 10.2. The van der Waals surface area contributed by atoms with Crippen molar-refractivity contribution in [3.63, 3.8) is 0 Å². The average molecular weight is 231 g/mol. The molecule has 17 heavy (non-hydrogen) atoms. The van der Waals surface area contributed by atoms with Gasteiger partial charge in [-0.05, 0) is 36.6 Å². The van der Waals surface area contributed by atoms with Crippen LogP contribution in [0.1, 0.15) is 24.5 Å². The van der Waals surface area contributed by atoms with Gasteiger partial charge in [-0.3, -0.25) is 4.79 Å². The van der Waals surface area contributed by atoms with Crippen molar-refractivity contribution in [2.24, 2.45) is 0 Å². The highest BCUT2D eigenvalue weighted by Crippen LogP contribution is 2.22. The fourth-order valence-electron chi connectivity index (χ4n) is 2.14. The summed E-state index contributed by atoms with van der Waals surface area (Å²) >= 11 is 0. The van der Waals surface area contributed by atoms with Gasteiger partial charge in [-0.1, -0.05) is 13.0 Å². The van der Waals surface area contributed by atoms with E-state index in [-0.39, 0.29) is 6.42 Å². The summed E-state index contributed by atoms with van der Waals surface area (Å²) in [6, 6.07) is 6.39. The third-order valence-corrected chi connectivity index (χ3v) is 3.12. The van der Waals surface area contributed by atoms with E-state index in [2.05, 4.69) is 32.0 Å². The zero-order chi connectivity index (χ0) is 12.4. The molecule has 1 N–H and O–H groups in total. The first-order valence-electron chi connectivity index (χ1n) is 5.92. The molecule has 0 amide bonds. The second kappa shape index (κ2) is 4.62. The number of nitrogens with zero attached hydrogens (tertiary/aromatic N) is 1. The van der Waals surface area contributed by atoms with Crippen LogP contribution in [0.3, 0.4) is 0 Å². The first-order valence-corrected chi connectivity index (χ1v) is 5.92. The van der Waals surface area contributed by atoms with E-state index in [1.54, 1.807) is 0 Å². The van der Waals surface area contributed by atoms with Gasteiger partial charge in [0.1, 0.15) is 0 Å². The van der Waals surface area contributed by atoms with Gasteiger partial charge in [-0.2, -0.15) is 0 Å². The van der Waals surface area contributed by atoms with E-state index in [0.717, 1.165) is 11.9 Å². The Kier molecular flexibility index (Phi) is 3.18. The van der Waals surface area contributed by atoms with Gasteiger partial charge in [0, 0.05) is 23.6 Å². The summed E-state index contributed by atoms with van der Waals surface area (Å²) < 4.78 is 2.03. The number of aromatic nitrogens is 1. The van der Waals surface area contributed by atoms with Crippen molar-refractivity contribution in [2.75, 3.05) is 0 Å². The smallest absolute Gasteiger partial charge is 0.305 e. The van der Waals surface area contributed by atoms with Crippen LogP contribution in [-0.4, -0.2) is 15.6 Å². The number of hydrogen-bond acceptors (Lipinski definition) is 1. The molecule has 3 heteroatoms. The van der Waals surface area contributed by atoms with Gasteiger partial charge in [-0.25, -0.2) is 0 Å². The Labute approximate surface area is 101 Å². The quantitative estimate of drug-likeness (QED) is 0.879. The van der Waals surface area contributed by atoms with Crippen LogP contribution < -0.4 is 0 Å². The maximum Gasteiger partial charge on any atom is 0.305 e. The molecule has 1 aromatic heterocycles. The van der Waals surface area contributed by atoms with Gasteiger partial charge >= 0.3 is 5.97 Å². The Morgan fingerprint density at radius 3 is 2.82 bits per heavy atom. The Morgan fingerprint density at radius 2 is 2.18 bits per heavy atom. The van der Waals surface area contributed by atoms with Gasteiger partial charge in [-0.15, -0.1) is 0 Å². The van der Waals surface area contributed by atoms with Crippen LogP contribution in [0, 0.1) is 6.92 Å². The van der Waals surface area contributed by atoms with Crippen molar-refractivity contribution < 1.29 is 9.90 Å². The summed E-state index contributed by atoms with van der Waals surface area (Å²) in [5, 5.41) is 9.95. The first kappa shape index (κ1) is 11.7. The zero-order valence-electron chi connectivity index (χ0n) is 10.2. The Hall–Kier alpha value is -1.77. The highest BCUT2D eigenvalue weighted by Gasteiger charge is 2.07. The SMILES string of the molecule is CCc1ccc2c(c1)c(C)cn2CCC(=O)O. The molecule has 0 bridgehead atoms. The number of benzene rings is 1. The summed E-state index contributed by atoms with van der Waals surface area (Å²) in [6.07, 6.45) is 3.22. The molecule has 0 saturated carbocycles. The minimum Gasteiger partial charge on any atom is -0.481 e. The van der Waals surface area contributed by atoms with Crippen LogP contribution in [0.5, 0.6) is 0 Å². The number of carboxylic acid groups (broad SMARTS) is 1. The molecule has 0 atom stereocenters. The van der Waals surface area contributed by atoms with E-state index < -0.39 is 5.97 Å². The van der Waals surface area contributed by atoms with Crippen molar-refractivity contribution in [1.82, 2.24) is 4.57 Å². The number of fused-ring (bicyclic) bond motifs is 1. The summed E-state index contributed by atoms with van der Waals surface area (Å²) in [4.78, 5) is 10.6. The molecule has 0 aliphatic rings. The molecule has 1 aromatic carbocycles.